The van der Waals surface area contributed by atoms with Crippen molar-refractivity contribution in [2.45, 2.75) is 39.2 Å². The van der Waals surface area contributed by atoms with Crippen molar-refractivity contribution >= 4 is 16.7 Å². The molecule has 0 aliphatic carbocycles. The quantitative estimate of drug-likeness (QED) is 0.605. The van der Waals surface area contributed by atoms with E-state index in [9.17, 15) is 0 Å². The first-order valence-electron chi connectivity index (χ1n) is 10.3. The van der Waals surface area contributed by atoms with E-state index in [0.29, 0.717) is 6.04 Å². The fraction of sp³-hybridized carbons (Fsp3) is 0.522. The maximum atomic E-state index is 4.42. The highest BCUT2D eigenvalue weighted by atomic mass is 15.2. The van der Waals surface area contributed by atoms with Crippen LogP contribution in [-0.2, 0) is 6.42 Å². The van der Waals surface area contributed by atoms with E-state index in [1.54, 1.807) is 0 Å². The van der Waals surface area contributed by atoms with Gasteiger partial charge in [0, 0.05) is 39.3 Å². The molecule has 0 spiro atoms. The van der Waals surface area contributed by atoms with Gasteiger partial charge in [-0.3, -0.25) is 4.99 Å². The highest BCUT2D eigenvalue weighted by molar-refractivity contribution is 5.85. The third kappa shape index (κ3) is 5.70. The zero-order valence-corrected chi connectivity index (χ0v) is 17.0. The Balaban J connectivity index is 1.46. The topological polar surface area (TPSA) is 39.7 Å². The molecule has 2 aromatic carbocycles. The molecule has 0 radical (unpaired) electrons. The van der Waals surface area contributed by atoms with E-state index >= 15 is 0 Å². The van der Waals surface area contributed by atoms with Crippen molar-refractivity contribution in [3.8, 4) is 0 Å². The molecule has 146 valence electrons. The van der Waals surface area contributed by atoms with E-state index in [1.165, 1.54) is 48.8 Å². The number of aliphatic imine (C=N–C) groups is 1. The van der Waals surface area contributed by atoms with Gasteiger partial charge >= 0.3 is 0 Å². The molecule has 0 atom stereocenters. The predicted molar refractivity (Wildman–Crippen MR) is 116 cm³/mol. The average molecular weight is 367 g/mol. The molecule has 3 rings (SSSR count). The molecule has 1 aliphatic rings. The minimum atomic E-state index is 0.525. The number of nitrogens with one attached hydrogen (secondary N) is 2. The first-order chi connectivity index (χ1) is 13.2. The van der Waals surface area contributed by atoms with E-state index in [-0.39, 0.29) is 0 Å². The second kappa shape index (κ2) is 9.75. The van der Waals surface area contributed by atoms with Crippen LogP contribution in [0.25, 0.3) is 10.8 Å². The van der Waals surface area contributed by atoms with Crippen molar-refractivity contribution in [3.05, 3.63) is 48.0 Å². The average Bonchev–Trinajstić information content (AvgIpc) is 2.68. The van der Waals surface area contributed by atoms with Gasteiger partial charge in [-0.2, -0.15) is 0 Å². The SMILES string of the molecule is CN=C(NCCc1cccc2ccccc12)NC1CCN(CC(C)C)CC1. The first kappa shape index (κ1) is 19.7. The Morgan fingerprint density at radius 3 is 2.59 bits per heavy atom. The minimum absolute atomic E-state index is 0.525. The molecule has 0 aromatic heterocycles. The lowest BCUT2D eigenvalue weighted by Gasteiger charge is -2.34. The lowest BCUT2D eigenvalue weighted by atomic mass is 10.0. The molecule has 1 heterocycles. The van der Waals surface area contributed by atoms with Gasteiger partial charge in [0.15, 0.2) is 5.96 Å². The fourth-order valence-electron chi connectivity index (χ4n) is 3.99. The number of nitrogens with zero attached hydrogens (tertiary/aromatic N) is 2. The smallest absolute Gasteiger partial charge is 0.191 e. The van der Waals surface area contributed by atoms with Gasteiger partial charge in [-0.1, -0.05) is 56.3 Å². The van der Waals surface area contributed by atoms with Crippen LogP contribution in [0.4, 0.5) is 0 Å². The number of fused-ring (bicyclic) bond motifs is 1. The van der Waals surface area contributed by atoms with Gasteiger partial charge in [0.1, 0.15) is 0 Å². The summed E-state index contributed by atoms with van der Waals surface area (Å²) in [4.78, 5) is 7.01. The van der Waals surface area contributed by atoms with Gasteiger partial charge in [-0.25, -0.2) is 0 Å². The van der Waals surface area contributed by atoms with Crippen molar-refractivity contribution in [1.29, 1.82) is 0 Å². The Bertz CT molecular complexity index is 740. The highest BCUT2D eigenvalue weighted by Crippen LogP contribution is 2.18. The predicted octanol–water partition coefficient (Wildman–Crippen LogP) is 3.67. The highest BCUT2D eigenvalue weighted by Gasteiger charge is 2.20. The molecule has 2 aromatic rings. The molecule has 0 amide bonds. The zero-order valence-electron chi connectivity index (χ0n) is 17.0. The Morgan fingerprint density at radius 2 is 1.85 bits per heavy atom. The third-order valence-electron chi connectivity index (χ3n) is 5.34. The van der Waals surface area contributed by atoms with Gasteiger partial charge in [0.25, 0.3) is 0 Å². The van der Waals surface area contributed by atoms with Crippen LogP contribution in [0.5, 0.6) is 0 Å². The maximum Gasteiger partial charge on any atom is 0.191 e. The molecular formula is C23H34N4. The summed E-state index contributed by atoms with van der Waals surface area (Å²) in [5.74, 6) is 1.68. The Hall–Kier alpha value is -2.07. The number of guanidine groups is 1. The molecule has 27 heavy (non-hydrogen) atoms. The number of piperidine rings is 1. The second-order valence-corrected chi connectivity index (χ2v) is 8.00. The monoisotopic (exact) mass is 366 g/mol. The van der Waals surface area contributed by atoms with E-state index in [4.69, 9.17) is 0 Å². The molecule has 1 aliphatic heterocycles. The summed E-state index contributed by atoms with van der Waals surface area (Å²) < 4.78 is 0. The lowest BCUT2D eigenvalue weighted by Crippen LogP contribution is -2.49. The standard InChI is InChI=1S/C23H34N4/c1-18(2)17-27-15-12-21(13-16-27)26-23(24-3)25-14-11-20-9-6-8-19-7-4-5-10-22(19)20/h4-10,18,21H,11-17H2,1-3H3,(H2,24,25,26). The zero-order chi connectivity index (χ0) is 19.1. The summed E-state index contributed by atoms with van der Waals surface area (Å²) in [5.41, 5.74) is 1.39. The van der Waals surface area contributed by atoms with Crippen LogP contribution in [0, 0.1) is 5.92 Å². The van der Waals surface area contributed by atoms with Gasteiger partial charge in [0.05, 0.1) is 0 Å². The van der Waals surface area contributed by atoms with Crippen molar-refractivity contribution in [2.75, 3.05) is 33.2 Å². The van der Waals surface area contributed by atoms with Crippen molar-refractivity contribution in [1.82, 2.24) is 15.5 Å². The van der Waals surface area contributed by atoms with Crippen LogP contribution < -0.4 is 10.6 Å². The van der Waals surface area contributed by atoms with Gasteiger partial charge < -0.3 is 15.5 Å². The molecular weight excluding hydrogens is 332 g/mol. The van der Waals surface area contributed by atoms with Crippen LogP contribution >= 0.6 is 0 Å². The summed E-state index contributed by atoms with van der Waals surface area (Å²) in [6, 6.07) is 15.7. The Morgan fingerprint density at radius 1 is 1.11 bits per heavy atom. The lowest BCUT2D eigenvalue weighted by molar-refractivity contribution is 0.187. The number of likely N-dealkylation sites (tertiary alicyclic amines) is 1. The Kier molecular flexibility index (Phi) is 7.11. The Labute approximate surface area is 164 Å². The number of rotatable bonds is 6. The normalized spacial score (nSPS) is 16.8. The second-order valence-electron chi connectivity index (χ2n) is 8.00. The number of hydrogen-bond acceptors (Lipinski definition) is 2. The molecule has 4 heteroatoms. The largest absolute Gasteiger partial charge is 0.356 e. The fourth-order valence-corrected chi connectivity index (χ4v) is 3.99. The van der Waals surface area contributed by atoms with Crippen molar-refractivity contribution in [2.24, 2.45) is 10.9 Å². The van der Waals surface area contributed by atoms with Gasteiger partial charge in [0.2, 0.25) is 0 Å². The van der Waals surface area contributed by atoms with Crippen LogP contribution in [0.2, 0.25) is 0 Å². The summed E-state index contributed by atoms with van der Waals surface area (Å²) >= 11 is 0. The van der Waals surface area contributed by atoms with E-state index in [1.807, 2.05) is 7.05 Å². The molecule has 1 saturated heterocycles. The maximum absolute atomic E-state index is 4.42. The molecule has 2 N–H and O–H groups in total. The van der Waals surface area contributed by atoms with E-state index in [2.05, 4.69) is 76.8 Å². The van der Waals surface area contributed by atoms with Crippen molar-refractivity contribution < 1.29 is 0 Å². The minimum Gasteiger partial charge on any atom is -0.356 e. The van der Waals surface area contributed by atoms with Gasteiger partial charge in [-0.15, -0.1) is 0 Å². The molecule has 4 nitrogen and oxygen atoms in total. The number of benzene rings is 2. The number of hydrogen-bond donors (Lipinski definition) is 2. The molecule has 0 unspecified atom stereocenters. The first-order valence-corrected chi connectivity index (χ1v) is 10.3. The van der Waals surface area contributed by atoms with Crippen molar-refractivity contribution in [3.63, 3.8) is 0 Å². The van der Waals surface area contributed by atoms with Crippen LogP contribution in [0.1, 0.15) is 32.3 Å². The van der Waals surface area contributed by atoms with E-state index in [0.717, 1.165) is 24.8 Å². The molecule has 0 saturated carbocycles. The summed E-state index contributed by atoms with van der Waals surface area (Å²) in [7, 11) is 1.86. The van der Waals surface area contributed by atoms with Gasteiger partial charge in [-0.05, 0) is 41.5 Å². The van der Waals surface area contributed by atoms with Crippen LogP contribution in [0.3, 0.4) is 0 Å². The van der Waals surface area contributed by atoms with Crippen LogP contribution in [-0.4, -0.2) is 50.1 Å². The summed E-state index contributed by atoms with van der Waals surface area (Å²) in [5, 5.41) is 9.77. The van der Waals surface area contributed by atoms with E-state index < -0.39 is 0 Å². The summed E-state index contributed by atoms with van der Waals surface area (Å²) in [6.45, 7) is 9.06. The third-order valence-corrected chi connectivity index (χ3v) is 5.34. The molecule has 1 fully saturated rings. The summed E-state index contributed by atoms with van der Waals surface area (Å²) in [6.07, 6.45) is 3.38. The van der Waals surface area contributed by atoms with Crippen LogP contribution in [0.15, 0.2) is 47.5 Å². The molecule has 0 bridgehead atoms.